The van der Waals surface area contributed by atoms with Crippen molar-refractivity contribution in [2.24, 2.45) is 0 Å². The van der Waals surface area contributed by atoms with Crippen molar-refractivity contribution >= 4 is 5.91 Å². The zero-order chi connectivity index (χ0) is 16.8. The fraction of sp³-hybridized carbons (Fsp3) is 0.350. The summed E-state index contributed by atoms with van der Waals surface area (Å²) in [6.45, 7) is 4.03. The molecule has 1 aliphatic rings. The van der Waals surface area contributed by atoms with E-state index in [1.807, 2.05) is 49.4 Å². The second kappa shape index (κ2) is 7.86. The van der Waals surface area contributed by atoms with Crippen LogP contribution in [0.15, 0.2) is 42.5 Å². The predicted molar refractivity (Wildman–Crippen MR) is 93.6 cm³/mol. The Morgan fingerprint density at radius 1 is 1.04 bits per heavy atom. The lowest BCUT2D eigenvalue weighted by Crippen LogP contribution is -2.27. The molecule has 24 heavy (non-hydrogen) atoms. The van der Waals surface area contributed by atoms with Gasteiger partial charge in [-0.15, -0.1) is 0 Å². The molecule has 4 nitrogen and oxygen atoms in total. The van der Waals surface area contributed by atoms with Crippen molar-refractivity contribution in [3.8, 4) is 11.5 Å². The van der Waals surface area contributed by atoms with Crippen LogP contribution in [0.25, 0.3) is 0 Å². The van der Waals surface area contributed by atoms with Crippen LogP contribution in [0.3, 0.4) is 0 Å². The molecule has 1 amide bonds. The number of aryl methyl sites for hydroxylation is 1. The highest BCUT2D eigenvalue weighted by molar-refractivity contribution is 5.78. The number of hydrogen-bond acceptors (Lipinski definition) is 3. The number of fused-ring (bicyclic) bond motifs is 1. The second-order valence-electron chi connectivity index (χ2n) is 6.10. The molecule has 0 fully saturated rings. The van der Waals surface area contributed by atoms with Crippen molar-refractivity contribution in [2.45, 2.75) is 26.2 Å². The summed E-state index contributed by atoms with van der Waals surface area (Å²) in [4.78, 5) is 12.0. The van der Waals surface area contributed by atoms with Crippen molar-refractivity contribution < 1.29 is 14.3 Å². The van der Waals surface area contributed by atoms with Gasteiger partial charge in [0.25, 0.3) is 0 Å². The van der Waals surface area contributed by atoms with E-state index in [0.717, 1.165) is 35.5 Å². The molecule has 3 rings (SSSR count). The second-order valence-corrected chi connectivity index (χ2v) is 6.10. The maximum absolute atomic E-state index is 12.0. The first-order valence-electron chi connectivity index (χ1n) is 8.41. The summed E-state index contributed by atoms with van der Waals surface area (Å²) in [5.41, 5.74) is 3.35. The summed E-state index contributed by atoms with van der Waals surface area (Å²) >= 11 is 0. The number of benzene rings is 2. The standard InChI is InChI=1S/C20H23NO3/c1-15-4-2-5-17(12-15)14-20(22)21-9-8-16-6-7-18-19(13-16)24-11-3-10-23-18/h2,4-7,12-13H,3,8-11,14H2,1H3,(H,21,22). The minimum Gasteiger partial charge on any atom is -0.490 e. The van der Waals surface area contributed by atoms with Crippen LogP contribution >= 0.6 is 0 Å². The van der Waals surface area contributed by atoms with Gasteiger partial charge in [0.2, 0.25) is 5.91 Å². The first-order valence-corrected chi connectivity index (χ1v) is 8.41. The van der Waals surface area contributed by atoms with Gasteiger partial charge in [0.05, 0.1) is 19.6 Å². The third kappa shape index (κ3) is 4.51. The van der Waals surface area contributed by atoms with Gasteiger partial charge < -0.3 is 14.8 Å². The average Bonchev–Trinajstić information content (AvgIpc) is 2.79. The predicted octanol–water partition coefficient (Wildman–Crippen LogP) is 3.06. The van der Waals surface area contributed by atoms with Crippen molar-refractivity contribution in [1.82, 2.24) is 5.32 Å². The van der Waals surface area contributed by atoms with Crippen molar-refractivity contribution in [3.63, 3.8) is 0 Å². The van der Waals surface area contributed by atoms with Crippen LogP contribution in [0.4, 0.5) is 0 Å². The fourth-order valence-electron chi connectivity index (χ4n) is 2.78. The Labute approximate surface area is 142 Å². The third-order valence-corrected chi connectivity index (χ3v) is 3.99. The Morgan fingerprint density at radius 3 is 2.71 bits per heavy atom. The van der Waals surface area contributed by atoms with Gasteiger partial charge in [-0.2, -0.15) is 0 Å². The van der Waals surface area contributed by atoms with E-state index in [1.165, 1.54) is 5.56 Å². The smallest absolute Gasteiger partial charge is 0.224 e. The molecule has 1 aliphatic heterocycles. The van der Waals surface area contributed by atoms with E-state index in [1.54, 1.807) is 0 Å². The van der Waals surface area contributed by atoms with Gasteiger partial charge in [0.1, 0.15) is 0 Å². The molecular formula is C20H23NO3. The molecule has 0 radical (unpaired) electrons. The first-order chi connectivity index (χ1) is 11.7. The van der Waals surface area contributed by atoms with E-state index >= 15 is 0 Å². The van der Waals surface area contributed by atoms with E-state index in [-0.39, 0.29) is 5.91 Å². The topological polar surface area (TPSA) is 47.6 Å². The number of rotatable bonds is 5. The lowest BCUT2D eigenvalue weighted by atomic mass is 10.1. The van der Waals surface area contributed by atoms with E-state index in [2.05, 4.69) is 5.32 Å². The molecule has 0 aromatic heterocycles. The molecule has 1 heterocycles. The minimum atomic E-state index is 0.0509. The van der Waals surface area contributed by atoms with Gasteiger partial charge in [-0.3, -0.25) is 4.79 Å². The maximum Gasteiger partial charge on any atom is 0.224 e. The highest BCUT2D eigenvalue weighted by Crippen LogP contribution is 2.30. The van der Waals surface area contributed by atoms with Crippen LogP contribution in [0, 0.1) is 6.92 Å². The molecule has 126 valence electrons. The van der Waals surface area contributed by atoms with Crippen LogP contribution in [0.2, 0.25) is 0 Å². The van der Waals surface area contributed by atoms with Crippen LogP contribution in [0.5, 0.6) is 11.5 Å². The van der Waals surface area contributed by atoms with Crippen LogP contribution < -0.4 is 14.8 Å². The molecule has 0 unspecified atom stereocenters. The van der Waals surface area contributed by atoms with E-state index in [0.29, 0.717) is 26.2 Å². The number of hydrogen-bond donors (Lipinski definition) is 1. The monoisotopic (exact) mass is 325 g/mol. The highest BCUT2D eigenvalue weighted by Gasteiger charge is 2.10. The van der Waals surface area contributed by atoms with Gasteiger partial charge in [-0.1, -0.05) is 35.9 Å². The summed E-state index contributed by atoms with van der Waals surface area (Å²) in [6, 6.07) is 14.0. The first kappa shape index (κ1) is 16.4. The zero-order valence-electron chi connectivity index (χ0n) is 14.0. The van der Waals surface area contributed by atoms with Crippen molar-refractivity contribution in [1.29, 1.82) is 0 Å². The van der Waals surface area contributed by atoms with E-state index in [9.17, 15) is 4.79 Å². The molecule has 2 aromatic carbocycles. The van der Waals surface area contributed by atoms with E-state index in [4.69, 9.17) is 9.47 Å². The molecule has 0 spiro atoms. The van der Waals surface area contributed by atoms with Gasteiger partial charge in [-0.05, 0) is 36.6 Å². The Kier molecular flexibility index (Phi) is 5.36. The molecule has 2 aromatic rings. The molecule has 0 bridgehead atoms. The summed E-state index contributed by atoms with van der Waals surface area (Å²) in [7, 11) is 0. The SMILES string of the molecule is Cc1cccc(CC(=O)NCCc2ccc3c(c2)OCCCO3)c1. The van der Waals surface area contributed by atoms with Crippen LogP contribution in [0.1, 0.15) is 23.1 Å². The number of carbonyl (C=O) groups is 1. The molecule has 1 N–H and O–H groups in total. The third-order valence-electron chi connectivity index (χ3n) is 3.99. The van der Waals surface area contributed by atoms with Crippen molar-refractivity contribution in [3.05, 3.63) is 59.2 Å². The number of carbonyl (C=O) groups excluding carboxylic acids is 1. The molecule has 4 heteroatoms. The minimum absolute atomic E-state index is 0.0509. The maximum atomic E-state index is 12.0. The largest absolute Gasteiger partial charge is 0.490 e. The van der Waals surface area contributed by atoms with Gasteiger partial charge in [0, 0.05) is 13.0 Å². The highest BCUT2D eigenvalue weighted by atomic mass is 16.5. The normalized spacial score (nSPS) is 13.2. The van der Waals surface area contributed by atoms with Crippen LogP contribution in [-0.4, -0.2) is 25.7 Å². The average molecular weight is 325 g/mol. The number of nitrogens with one attached hydrogen (secondary N) is 1. The Hall–Kier alpha value is -2.49. The molecule has 0 saturated carbocycles. The summed E-state index contributed by atoms with van der Waals surface area (Å²) in [6.07, 6.45) is 2.10. The summed E-state index contributed by atoms with van der Waals surface area (Å²) in [5.74, 6) is 1.66. The lowest BCUT2D eigenvalue weighted by Gasteiger charge is -2.10. The summed E-state index contributed by atoms with van der Waals surface area (Å²) in [5, 5.41) is 2.98. The van der Waals surface area contributed by atoms with Crippen molar-refractivity contribution in [2.75, 3.05) is 19.8 Å². The van der Waals surface area contributed by atoms with Gasteiger partial charge in [0.15, 0.2) is 11.5 Å². The Bertz CT molecular complexity index is 712. The number of ether oxygens (including phenoxy) is 2. The molecular weight excluding hydrogens is 302 g/mol. The van der Waals surface area contributed by atoms with Crippen LogP contribution in [-0.2, 0) is 17.6 Å². The summed E-state index contributed by atoms with van der Waals surface area (Å²) < 4.78 is 11.3. The molecule has 0 saturated heterocycles. The Morgan fingerprint density at radius 2 is 1.88 bits per heavy atom. The van der Waals surface area contributed by atoms with Gasteiger partial charge in [-0.25, -0.2) is 0 Å². The quantitative estimate of drug-likeness (QED) is 0.919. The fourth-order valence-corrected chi connectivity index (χ4v) is 2.78. The zero-order valence-corrected chi connectivity index (χ0v) is 14.0. The molecule has 0 aliphatic carbocycles. The van der Waals surface area contributed by atoms with Gasteiger partial charge >= 0.3 is 0 Å². The Balaban J connectivity index is 1.49. The molecule has 0 atom stereocenters. The lowest BCUT2D eigenvalue weighted by molar-refractivity contribution is -0.120. The van der Waals surface area contributed by atoms with E-state index < -0.39 is 0 Å². The number of amides is 1.